The lowest BCUT2D eigenvalue weighted by molar-refractivity contribution is 0.247. The maximum absolute atomic E-state index is 4.64. The lowest BCUT2D eigenvalue weighted by Crippen LogP contribution is -2.23. The number of nitrogens with one attached hydrogen (secondary N) is 1. The van der Waals surface area contributed by atoms with E-state index in [2.05, 4.69) is 64.6 Å². The molecule has 1 aromatic heterocycles. The normalized spacial score (nSPS) is 18.9. The summed E-state index contributed by atoms with van der Waals surface area (Å²) < 4.78 is 0. The molecule has 2 aromatic rings. The molecule has 0 saturated carbocycles. The first kappa shape index (κ1) is 14.1. The molecule has 110 valence electrons. The van der Waals surface area contributed by atoms with E-state index in [1.54, 1.807) is 0 Å². The second-order valence-electron chi connectivity index (χ2n) is 5.74. The number of benzene rings is 1. The minimum atomic E-state index is 0.503. The lowest BCUT2D eigenvalue weighted by atomic mass is 10.0. The zero-order valence-electron chi connectivity index (χ0n) is 12.8. The van der Waals surface area contributed by atoms with Gasteiger partial charge in [-0.3, -0.25) is 4.90 Å². The number of anilines is 1. The molecule has 3 nitrogen and oxygen atoms in total. The van der Waals surface area contributed by atoms with Crippen LogP contribution in [0.25, 0.3) is 0 Å². The van der Waals surface area contributed by atoms with Crippen molar-refractivity contribution in [1.29, 1.82) is 0 Å². The van der Waals surface area contributed by atoms with Gasteiger partial charge in [-0.25, -0.2) is 4.98 Å². The molecule has 1 N–H and O–H groups in total. The fourth-order valence-electron chi connectivity index (χ4n) is 3.25. The van der Waals surface area contributed by atoms with Crippen molar-refractivity contribution in [3.8, 4) is 0 Å². The zero-order valence-corrected chi connectivity index (χ0v) is 12.8. The first-order valence-corrected chi connectivity index (χ1v) is 7.71. The summed E-state index contributed by atoms with van der Waals surface area (Å²) in [6.45, 7) is 4.32. The number of pyridine rings is 1. The van der Waals surface area contributed by atoms with E-state index >= 15 is 0 Å². The third-order valence-corrected chi connectivity index (χ3v) is 4.33. The Labute approximate surface area is 127 Å². The highest BCUT2D eigenvalue weighted by molar-refractivity contribution is 5.39. The van der Waals surface area contributed by atoms with Crippen LogP contribution in [0, 0.1) is 6.92 Å². The van der Waals surface area contributed by atoms with Crippen LogP contribution < -0.4 is 5.32 Å². The molecule has 0 amide bonds. The second-order valence-corrected chi connectivity index (χ2v) is 5.74. The van der Waals surface area contributed by atoms with Crippen molar-refractivity contribution in [2.75, 3.05) is 18.9 Å². The highest BCUT2D eigenvalue weighted by Crippen LogP contribution is 2.34. The van der Waals surface area contributed by atoms with E-state index in [0.717, 1.165) is 18.1 Å². The number of likely N-dealkylation sites (tertiary alicyclic amines) is 1. The number of hydrogen-bond acceptors (Lipinski definition) is 3. The Morgan fingerprint density at radius 1 is 1.19 bits per heavy atom. The largest absolute Gasteiger partial charge is 0.373 e. The van der Waals surface area contributed by atoms with E-state index in [-0.39, 0.29) is 0 Å². The third-order valence-electron chi connectivity index (χ3n) is 4.33. The van der Waals surface area contributed by atoms with Crippen LogP contribution in [0.5, 0.6) is 0 Å². The quantitative estimate of drug-likeness (QED) is 0.924. The van der Waals surface area contributed by atoms with Crippen molar-refractivity contribution < 1.29 is 0 Å². The summed E-state index contributed by atoms with van der Waals surface area (Å²) in [6.07, 6.45) is 2.50. The monoisotopic (exact) mass is 281 g/mol. The van der Waals surface area contributed by atoms with Crippen molar-refractivity contribution in [1.82, 2.24) is 9.88 Å². The van der Waals surface area contributed by atoms with Crippen LogP contribution in [0.15, 0.2) is 42.5 Å². The second kappa shape index (κ2) is 6.27. The number of aryl methyl sites for hydroxylation is 1. The van der Waals surface area contributed by atoms with Crippen LogP contribution in [-0.4, -0.2) is 23.5 Å². The van der Waals surface area contributed by atoms with Gasteiger partial charge in [0.15, 0.2) is 0 Å². The van der Waals surface area contributed by atoms with Crippen LogP contribution in [0.4, 0.5) is 5.82 Å². The fraction of sp³-hybridized carbons (Fsp3) is 0.389. The first-order valence-electron chi connectivity index (χ1n) is 7.71. The molecule has 0 unspecified atom stereocenters. The van der Waals surface area contributed by atoms with E-state index in [4.69, 9.17) is 0 Å². The standard InChI is InChI=1S/C18H23N3/c1-14-16(10-11-18(19-2)20-14)17-9-6-12-21(17)13-15-7-4-3-5-8-15/h3-5,7-8,10-11,17H,6,9,12-13H2,1-2H3,(H,19,20)/t17-/m0/s1. The molecule has 0 spiro atoms. The number of hydrogen-bond donors (Lipinski definition) is 1. The van der Waals surface area contributed by atoms with E-state index in [1.807, 2.05) is 7.05 Å². The van der Waals surface area contributed by atoms with Crippen LogP contribution in [0.1, 0.15) is 35.7 Å². The summed E-state index contributed by atoms with van der Waals surface area (Å²) in [7, 11) is 1.92. The summed E-state index contributed by atoms with van der Waals surface area (Å²) in [5.41, 5.74) is 3.91. The van der Waals surface area contributed by atoms with Gasteiger partial charge in [0, 0.05) is 25.3 Å². The molecule has 1 saturated heterocycles. The summed E-state index contributed by atoms with van der Waals surface area (Å²) in [4.78, 5) is 7.22. The molecule has 2 heterocycles. The Balaban J connectivity index is 1.80. The molecular weight excluding hydrogens is 258 g/mol. The molecule has 1 aliphatic heterocycles. The van der Waals surface area contributed by atoms with Gasteiger partial charge >= 0.3 is 0 Å². The Kier molecular flexibility index (Phi) is 4.20. The van der Waals surface area contributed by atoms with Crippen molar-refractivity contribution >= 4 is 5.82 Å². The van der Waals surface area contributed by atoms with Gasteiger partial charge in [0.05, 0.1) is 0 Å². The predicted molar refractivity (Wildman–Crippen MR) is 87.3 cm³/mol. The molecule has 1 aliphatic rings. The minimum Gasteiger partial charge on any atom is -0.373 e. The van der Waals surface area contributed by atoms with E-state index in [0.29, 0.717) is 6.04 Å². The number of rotatable bonds is 4. The van der Waals surface area contributed by atoms with Gasteiger partial charge in [-0.15, -0.1) is 0 Å². The average molecular weight is 281 g/mol. The van der Waals surface area contributed by atoms with Gasteiger partial charge in [-0.1, -0.05) is 36.4 Å². The smallest absolute Gasteiger partial charge is 0.125 e. The molecule has 21 heavy (non-hydrogen) atoms. The summed E-state index contributed by atoms with van der Waals surface area (Å²) >= 11 is 0. The summed E-state index contributed by atoms with van der Waals surface area (Å²) in [5.74, 6) is 0.948. The van der Waals surface area contributed by atoms with Crippen LogP contribution in [0.2, 0.25) is 0 Å². The first-order chi connectivity index (χ1) is 10.3. The number of aromatic nitrogens is 1. The molecule has 3 rings (SSSR count). The summed E-state index contributed by atoms with van der Waals surface area (Å²) in [6, 6.07) is 15.6. The Morgan fingerprint density at radius 3 is 2.71 bits per heavy atom. The molecule has 0 aliphatic carbocycles. The zero-order chi connectivity index (χ0) is 14.7. The highest BCUT2D eigenvalue weighted by atomic mass is 15.2. The maximum atomic E-state index is 4.64. The maximum Gasteiger partial charge on any atom is 0.125 e. The van der Waals surface area contributed by atoms with Gasteiger partial charge in [0.25, 0.3) is 0 Å². The molecule has 0 radical (unpaired) electrons. The van der Waals surface area contributed by atoms with Gasteiger partial charge in [-0.05, 0) is 43.5 Å². The topological polar surface area (TPSA) is 28.2 Å². The third kappa shape index (κ3) is 3.08. The Bertz CT molecular complexity index is 595. The van der Waals surface area contributed by atoms with Crippen LogP contribution >= 0.6 is 0 Å². The average Bonchev–Trinajstić information content (AvgIpc) is 2.96. The van der Waals surface area contributed by atoms with Gasteiger partial charge in [-0.2, -0.15) is 0 Å². The Morgan fingerprint density at radius 2 is 2.00 bits per heavy atom. The molecule has 0 bridgehead atoms. The Hall–Kier alpha value is -1.87. The highest BCUT2D eigenvalue weighted by Gasteiger charge is 2.27. The minimum absolute atomic E-state index is 0.503. The molecule has 1 fully saturated rings. The van der Waals surface area contributed by atoms with E-state index in [1.165, 1.54) is 30.5 Å². The number of nitrogens with zero attached hydrogens (tertiary/aromatic N) is 2. The fourth-order valence-corrected chi connectivity index (χ4v) is 3.25. The van der Waals surface area contributed by atoms with E-state index in [9.17, 15) is 0 Å². The SMILES string of the molecule is CNc1ccc([C@@H]2CCCN2Cc2ccccc2)c(C)n1. The van der Waals surface area contributed by atoms with Crippen molar-refractivity contribution in [3.05, 3.63) is 59.3 Å². The van der Waals surface area contributed by atoms with Crippen molar-refractivity contribution in [2.45, 2.75) is 32.4 Å². The van der Waals surface area contributed by atoms with Gasteiger partial charge in [0.1, 0.15) is 5.82 Å². The molecule has 1 aromatic carbocycles. The van der Waals surface area contributed by atoms with Gasteiger partial charge in [0.2, 0.25) is 0 Å². The van der Waals surface area contributed by atoms with E-state index < -0.39 is 0 Å². The molecule has 1 atom stereocenters. The van der Waals surface area contributed by atoms with Crippen LogP contribution in [-0.2, 0) is 6.54 Å². The predicted octanol–water partition coefficient (Wildman–Crippen LogP) is 3.77. The van der Waals surface area contributed by atoms with Crippen LogP contribution in [0.3, 0.4) is 0 Å². The summed E-state index contributed by atoms with van der Waals surface area (Å²) in [5, 5.41) is 3.11. The molecule has 3 heteroatoms. The lowest BCUT2D eigenvalue weighted by Gasteiger charge is -2.26. The van der Waals surface area contributed by atoms with Crippen molar-refractivity contribution in [2.24, 2.45) is 0 Å². The van der Waals surface area contributed by atoms with Gasteiger partial charge < -0.3 is 5.32 Å². The van der Waals surface area contributed by atoms with Crippen molar-refractivity contribution in [3.63, 3.8) is 0 Å². The molecular formula is C18H23N3.